The molecule has 0 spiro atoms. The Labute approximate surface area is 199 Å². The molecule has 0 bridgehead atoms. The fraction of sp³-hybridized carbons (Fsp3) is 0.333. The number of anilines is 1. The second-order valence-corrected chi connectivity index (χ2v) is 9.62. The lowest BCUT2D eigenvalue weighted by Crippen LogP contribution is -2.40. The van der Waals surface area contributed by atoms with Crippen molar-refractivity contribution >= 4 is 33.7 Å². The van der Waals surface area contributed by atoms with E-state index in [4.69, 9.17) is 14.2 Å². The minimum atomic E-state index is -3.80. The van der Waals surface area contributed by atoms with Gasteiger partial charge in [-0.15, -0.1) is 0 Å². The summed E-state index contributed by atoms with van der Waals surface area (Å²) < 4.78 is 42.9. The van der Waals surface area contributed by atoms with Crippen molar-refractivity contribution in [3.63, 3.8) is 0 Å². The molecule has 0 aliphatic carbocycles. The average molecular weight is 489 g/mol. The van der Waals surface area contributed by atoms with Crippen LogP contribution in [0.5, 0.6) is 5.75 Å². The van der Waals surface area contributed by atoms with Crippen molar-refractivity contribution in [1.82, 2.24) is 4.31 Å². The lowest BCUT2D eigenvalue weighted by molar-refractivity contribution is -0.142. The second-order valence-electron chi connectivity index (χ2n) is 7.72. The number of nitrogens with zero attached hydrogens (tertiary/aromatic N) is 1. The quantitative estimate of drug-likeness (QED) is 0.449. The number of methoxy groups -OCH3 is 1. The molecular weight excluding hydrogens is 460 g/mol. The Balaban J connectivity index is 1.63. The molecular formula is C24H28N2O7S. The predicted molar refractivity (Wildman–Crippen MR) is 127 cm³/mol. The van der Waals surface area contributed by atoms with Crippen molar-refractivity contribution < 1.29 is 32.2 Å². The second kappa shape index (κ2) is 11.3. The highest BCUT2D eigenvalue weighted by Gasteiger charge is 2.29. The molecule has 0 aromatic heterocycles. The maximum Gasteiger partial charge on any atom is 0.331 e. The van der Waals surface area contributed by atoms with E-state index in [1.807, 2.05) is 26.0 Å². The first-order chi connectivity index (χ1) is 16.2. The van der Waals surface area contributed by atoms with Crippen LogP contribution in [0.1, 0.15) is 16.7 Å². The van der Waals surface area contributed by atoms with E-state index >= 15 is 0 Å². The highest BCUT2D eigenvalue weighted by atomic mass is 32.2. The van der Waals surface area contributed by atoms with E-state index in [9.17, 15) is 18.0 Å². The smallest absolute Gasteiger partial charge is 0.331 e. The molecule has 1 heterocycles. The van der Waals surface area contributed by atoms with Crippen molar-refractivity contribution in [2.45, 2.75) is 18.7 Å². The van der Waals surface area contributed by atoms with E-state index < -0.39 is 28.5 Å². The van der Waals surface area contributed by atoms with E-state index in [1.54, 1.807) is 12.1 Å². The zero-order chi connectivity index (χ0) is 24.7. The van der Waals surface area contributed by atoms with Gasteiger partial charge in [0.05, 0.1) is 20.3 Å². The largest absolute Gasteiger partial charge is 0.495 e. The van der Waals surface area contributed by atoms with Crippen LogP contribution in [0, 0.1) is 13.8 Å². The summed E-state index contributed by atoms with van der Waals surface area (Å²) in [6, 6.07) is 10.1. The van der Waals surface area contributed by atoms with Gasteiger partial charge in [0.15, 0.2) is 6.61 Å². The molecule has 2 aromatic rings. The highest BCUT2D eigenvalue weighted by Crippen LogP contribution is 2.28. The number of sulfonamides is 1. The van der Waals surface area contributed by atoms with Gasteiger partial charge < -0.3 is 19.5 Å². The van der Waals surface area contributed by atoms with Crippen molar-refractivity contribution in [3.8, 4) is 5.75 Å². The van der Waals surface area contributed by atoms with E-state index in [-0.39, 0.29) is 23.7 Å². The number of rotatable bonds is 8. The monoisotopic (exact) mass is 488 g/mol. The Morgan fingerprint density at radius 1 is 1.09 bits per heavy atom. The summed E-state index contributed by atoms with van der Waals surface area (Å²) >= 11 is 0. The van der Waals surface area contributed by atoms with Crippen LogP contribution in [0.2, 0.25) is 0 Å². The number of aryl methyl sites for hydroxylation is 2. The van der Waals surface area contributed by atoms with Crippen LogP contribution in [0.25, 0.3) is 6.08 Å². The SMILES string of the molecule is COc1ccc(/C=C/C(=O)OCC(=O)Nc2ccc(C)c(C)c2)cc1S(=O)(=O)N1CCOCC1. The number of amides is 1. The van der Waals surface area contributed by atoms with Gasteiger partial charge in [0.1, 0.15) is 10.6 Å². The van der Waals surface area contributed by atoms with E-state index in [2.05, 4.69) is 5.32 Å². The minimum absolute atomic E-state index is 0.000173. The first kappa shape index (κ1) is 25.4. The molecule has 1 N–H and O–H groups in total. The Morgan fingerprint density at radius 3 is 2.50 bits per heavy atom. The molecule has 2 aromatic carbocycles. The Bertz CT molecular complexity index is 1190. The lowest BCUT2D eigenvalue weighted by Gasteiger charge is -2.26. The Kier molecular flexibility index (Phi) is 8.43. The summed E-state index contributed by atoms with van der Waals surface area (Å²) in [5.41, 5.74) is 3.22. The van der Waals surface area contributed by atoms with Gasteiger partial charge in [-0.25, -0.2) is 13.2 Å². The van der Waals surface area contributed by atoms with Crippen LogP contribution < -0.4 is 10.1 Å². The van der Waals surface area contributed by atoms with Crippen molar-refractivity contribution in [1.29, 1.82) is 0 Å². The third-order valence-electron chi connectivity index (χ3n) is 5.32. The number of ether oxygens (including phenoxy) is 3. The van der Waals surface area contributed by atoms with Crippen LogP contribution in [0.15, 0.2) is 47.4 Å². The third-order valence-corrected chi connectivity index (χ3v) is 7.24. The number of hydrogen-bond acceptors (Lipinski definition) is 7. The molecule has 0 saturated carbocycles. The van der Waals surface area contributed by atoms with E-state index in [1.165, 1.54) is 29.6 Å². The van der Waals surface area contributed by atoms with Crippen LogP contribution in [-0.2, 0) is 29.1 Å². The lowest BCUT2D eigenvalue weighted by atomic mass is 10.1. The molecule has 182 valence electrons. The Hall–Kier alpha value is -3.21. The molecule has 10 heteroatoms. The number of benzene rings is 2. The number of carbonyl (C=O) groups is 2. The van der Waals surface area contributed by atoms with Gasteiger partial charge in [0, 0.05) is 24.9 Å². The fourth-order valence-corrected chi connectivity index (χ4v) is 4.89. The van der Waals surface area contributed by atoms with Crippen molar-refractivity contribution in [2.24, 2.45) is 0 Å². The van der Waals surface area contributed by atoms with Crippen LogP contribution >= 0.6 is 0 Å². The maximum atomic E-state index is 13.1. The van der Waals surface area contributed by atoms with Gasteiger partial charge in [-0.3, -0.25) is 4.79 Å². The number of nitrogens with one attached hydrogen (secondary N) is 1. The number of esters is 1. The zero-order valence-electron chi connectivity index (χ0n) is 19.4. The summed E-state index contributed by atoms with van der Waals surface area (Å²) in [6.07, 6.45) is 2.55. The van der Waals surface area contributed by atoms with Crippen molar-refractivity contribution in [3.05, 3.63) is 59.2 Å². The van der Waals surface area contributed by atoms with Gasteiger partial charge in [0.25, 0.3) is 5.91 Å². The topological polar surface area (TPSA) is 111 Å². The summed E-state index contributed by atoms with van der Waals surface area (Å²) in [4.78, 5) is 24.1. The summed E-state index contributed by atoms with van der Waals surface area (Å²) in [6.45, 7) is 4.61. The highest BCUT2D eigenvalue weighted by molar-refractivity contribution is 7.89. The van der Waals surface area contributed by atoms with Crippen molar-refractivity contribution in [2.75, 3.05) is 45.3 Å². The predicted octanol–water partition coefficient (Wildman–Crippen LogP) is 2.53. The first-order valence-corrected chi connectivity index (χ1v) is 12.1. The maximum absolute atomic E-state index is 13.1. The van der Waals surface area contributed by atoms with Crippen LogP contribution in [0.3, 0.4) is 0 Å². The molecule has 0 radical (unpaired) electrons. The first-order valence-electron chi connectivity index (χ1n) is 10.7. The van der Waals surface area contributed by atoms with Crippen LogP contribution in [0.4, 0.5) is 5.69 Å². The fourth-order valence-electron chi connectivity index (χ4n) is 3.29. The summed E-state index contributed by atoms with van der Waals surface area (Å²) in [5.74, 6) is -0.994. The zero-order valence-corrected chi connectivity index (χ0v) is 20.2. The third kappa shape index (κ3) is 6.43. The molecule has 3 rings (SSSR count). The average Bonchev–Trinajstić information content (AvgIpc) is 2.84. The molecule has 1 amide bonds. The van der Waals surface area contributed by atoms with Crippen LogP contribution in [-0.4, -0.2) is 64.6 Å². The molecule has 1 aliphatic heterocycles. The molecule has 34 heavy (non-hydrogen) atoms. The molecule has 1 saturated heterocycles. The van der Waals surface area contributed by atoms with Gasteiger partial charge >= 0.3 is 5.97 Å². The molecule has 0 unspecified atom stereocenters. The Morgan fingerprint density at radius 2 is 1.82 bits per heavy atom. The molecule has 1 aliphatic rings. The molecule has 0 atom stereocenters. The number of hydrogen-bond donors (Lipinski definition) is 1. The number of carbonyl (C=O) groups excluding carboxylic acids is 2. The molecule has 9 nitrogen and oxygen atoms in total. The normalized spacial score (nSPS) is 14.7. The molecule has 1 fully saturated rings. The van der Waals surface area contributed by atoms with Gasteiger partial charge in [0.2, 0.25) is 10.0 Å². The number of morpholine rings is 1. The summed E-state index contributed by atoms with van der Waals surface area (Å²) in [7, 11) is -2.41. The van der Waals surface area contributed by atoms with Gasteiger partial charge in [-0.1, -0.05) is 12.1 Å². The van der Waals surface area contributed by atoms with Gasteiger partial charge in [-0.05, 0) is 60.9 Å². The van der Waals surface area contributed by atoms with E-state index in [0.717, 1.165) is 17.2 Å². The minimum Gasteiger partial charge on any atom is -0.495 e. The van der Waals surface area contributed by atoms with Gasteiger partial charge in [-0.2, -0.15) is 4.31 Å². The summed E-state index contributed by atoms with van der Waals surface area (Å²) in [5, 5.41) is 2.67. The van der Waals surface area contributed by atoms with E-state index in [0.29, 0.717) is 24.5 Å². The standard InChI is InChI=1S/C24H28N2O7S/c1-17-4-7-20(14-18(17)2)25-23(27)16-33-24(28)9-6-19-5-8-21(31-3)22(15-19)34(29,30)26-10-12-32-13-11-26/h4-9,14-15H,10-13,16H2,1-3H3,(H,25,27)/b9-6+.